The molecule has 1 heterocycles. The van der Waals surface area contributed by atoms with Gasteiger partial charge in [-0.15, -0.1) is 0 Å². The van der Waals surface area contributed by atoms with E-state index < -0.39 is 27.9 Å². The highest BCUT2D eigenvalue weighted by atomic mass is 32.2. The van der Waals surface area contributed by atoms with Crippen LogP contribution in [0.1, 0.15) is 29.9 Å². The minimum absolute atomic E-state index is 0.0955. The quantitative estimate of drug-likeness (QED) is 0.607. The normalized spacial score (nSPS) is 18.2. The Kier molecular flexibility index (Phi) is 6.99. The number of benzene rings is 2. The number of alkyl carbamates (subject to hydrolysis) is 1. The zero-order chi connectivity index (χ0) is 23.4. The number of nitrogens with zero attached hydrogens (tertiary/aromatic N) is 1. The van der Waals surface area contributed by atoms with Gasteiger partial charge in [0.2, 0.25) is 0 Å². The molecule has 176 valence electrons. The summed E-state index contributed by atoms with van der Waals surface area (Å²) >= 11 is 0. The molecule has 1 atom stereocenters. The van der Waals surface area contributed by atoms with Crippen molar-refractivity contribution in [3.8, 4) is 11.1 Å². The number of hydrogen-bond acceptors (Lipinski definition) is 6. The van der Waals surface area contributed by atoms with Gasteiger partial charge in [-0.2, -0.15) is 0 Å². The van der Waals surface area contributed by atoms with E-state index >= 15 is 0 Å². The lowest BCUT2D eigenvalue weighted by Crippen LogP contribution is -2.43. The van der Waals surface area contributed by atoms with Crippen molar-refractivity contribution in [1.29, 1.82) is 0 Å². The van der Waals surface area contributed by atoms with Crippen molar-refractivity contribution in [2.24, 2.45) is 0 Å². The second-order valence-electron chi connectivity index (χ2n) is 8.50. The van der Waals surface area contributed by atoms with E-state index in [1.807, 2.05) is 53.4 Å². The number of amides is 1. The Labute approximate surface area is 193 Å². The van der Waals surface area contributed by atoms with Crippen LogP contribution in [-0.4, -0.2) is 74.3 Å². The van der Waals surface area contributed by atoms with Crippen LogP contribution in [0.5, 0.6) is 0 Å². The van der Waals surface area contributed by atoms with E-state index in [2.05, 4.69) is 5.32 Å². The number of carbonyl (C=O) groups is 2. The molecule has 0 aromatic heterocycles. The molecule has 0 radical (unpaired) electrons. The van der Waals surface area contributed by atoms with Gasteiger partial charge in [0.1, 0.15) is 12.6 Å². The van der Waals surface area contributed by atoms with Crippen molar-refractivity contribution < 1.29 is 27.9 Å². The lowest BCUT2D eigenvalue weighted by atomic mass is 9.98. The van der Waals surface area contributed by atoms with Crippen molar-refractivity contribution in [3.63, 3.8) is 0 Å². The molecule has 2 aromatic rings. The fourth-order valence-electron chi connectivity index (χ4n) is 4.53. The minimum atomic E-state index is -2.95. The van der Waals surface area contributed by atoms with E-state index in [1.54, 1.807) is 0 Å². The van der Waals surface area contributed by atoms with Gasteiger partial charge in [0.25, 0.3) is 0 Å². The molecule has 0 bridgehead atoms. The van der Waals surface area contributed by atoms with Gasteiger partial charge in [0.15, 0.2) is 9.84 Å². The first-order valence-electron chi connectivity index (χ1n) is 11.1. The predicted octanol–water partition coefficient (Wildman–Crippen LogP) is 2.49. The summed E-state index contributed by atoms with van der Waals surface area (Å²) in [4.78, 5) is 26.0. The zero-order valence-corrected chi connectivity index (χ0v) is 19.1. The number of fused-ring (bicyclic) bond motifs is 3. The van der Waals surface area contributed by atoms with E-state index in [-0.39, 0.29) is 30.5 Å². The molecule has 2 aromatic carbocycles. The molecule has 1 saturated heterocycles. The third-order valence-electron chi connectivity index (χ3n) is 6.34. The number of nitrogens with one attached hydrogen (secondary N) is 1. The smallest absolute Gasteiger partial charge is 0.407 e. The largest absolute Gasteiger partial charge is 0.480 e. The fourth-order valence-corrected chi connectivity index (χ4v) is 5.81. The molecule has 8 nitrogen and oxygen atoms in total. The molecule has 0 spiro atoms. The van der Waals surface area contributed by atoms with Crippen LogP contribution in [0.3, 0.4) is 0 Å². The molecule has 33 heavy (non-hydrogen) atoms. The van der Waals surface area contributed by atoms with E-state index in [9.17, 15) is 23.1 Å². The van der Waals surface area contributed by atoms with Crippen LogP contribution in [0.25, 0.3) is 11.1 Å². The Morgan fingerprint density at radius 3 is 2.18 bits per heavy atom. The maximum Gasteiger partial charge on any atom is 0.407 e. The van der Waals surface area contributed by atoms with Gasteiger partial charge in [0, 0.05) is 19.0 Å². The molecule has 1 aliphatic heterocycles. The summed E-state index contributed by atoms with van der Waals surface area (Å²) < 4.78 is 28.5. The number of aliphatic carboxylic acids is 1. The van der Waals surface area contributed by atoms with E-state index in [0.29, 0.717) is 26.1 Å². The van der Waals surface area contributed by atoms with Crippen LogP contribution in [-0.2, 0) is 19.4 Å². The number of carboxylic acids is 1. The third kappa shape index (κ3) is 5.54. The summed E-state index contributed by atoms with van der Waals surface area (Å²) in [5.74, 6) is -0.952. The first-order chi connectivity index (χ1) is 15.8. The average molecular weight is 473 g/mol. The summed E-state index contributed by atoms with van der Waals surface area (Å²) in [6, 6.07) is 14.9. The zero-order valence-electron chi connectivity index (χ0n) is 18.3. The highest BCUT2D eigenvalue weighted by Gasteiger charge is 2.30. The van der Waals surface area contributed by atoms with Crippen molar-refractivity contribution >= 4 is 21.9 Å². The standard InChI is InChI=1S/C24H28N2O6S/c27-23(28)22(10-5-11-26-12-14-33(30,31)15-13-26)25-24(29)32-16-21-19-8-3-1-6-17(19)18-7-2-4-9-20(18)21/h1-4,6-9,21-22H,5,10-16H2,(H,25,29)(H,27,28)/t22-/m0/s1. The minimum Gasteiger partial charge on any atom is -0.480 e. The second-order valence-corrected chi connectivity index (χ2v) is 10.8. The molecular weight excluding hydrogens is 444 g/mol. The Morgan fingerprint density at radius 2 is 1.61 bits per heavy atom. The number of carbonyl (C=O) groups excluding carboxylic acids is 1. The Hall–Kier alpha value is -2.91. The highest BCUT2D eigenvalue weighted by molar-refractivity contribution is 7.91. The molecule has 1 amide bonds. The summed E-state index contributed by atoms with van der Waals surface area (Å²) in [7, 11) is -2.95. The van der Waals surface area contributed by atoms with Crippen LogP contribution in [0.4, 0.5) is 4.79 Å². The molecule has 4 rings (SSSR count). The maximum atomic E-state index is 12.4. The molecule has 2 N–H and O–H groups in total. The Morgan fingerprint density at radius 1 is 1.03 bits per heavy atom. The Bertz CT molecular complexity index is 1070. The number of hydrogen-bond donors (Lipinski definition) is 2. The van der Waals surface area contributed by atoms with Gasteiger partial charge >= 0.3 is 12.1 Å². The van der Waals surface area contributed by atoms with Gasteiger partial charge in [-0.05, 0) is 41.6 Å². The monoisotopic (exact) mass is 472 g/mol. The van der Waals surface area contributed by atoms with Crippen LogP contribution in [0.15, 0.2) is 48.5 Å². The number of rotatable bonds is 8. The van der Waals surface area contributed by atoms with Gasteiger partial charge in [0.05, 0.1) is 11.5 Å². The first-order valence-corrected chi connectivity index (χ1v) is 12.9. The molecule has 9 heteroatoms. The van der Waals surface area contributed by atoms with Gasteiger partial charge in [-0.1, -0.05) is 48.5 Å². The van der Waals surface area contributed by atoms with Crippen molar-refractivity contribution in [2.75, 3.05) is 37.7 Å². The predicted molar refractivity (Wildman–Crippen MR) is 124 cm³/mol. The summed E-state index contributed by atoms with van der Waals surface area (Å²) in [6.45, 7) is 1.62. The topological polar surface area (TPSA) is 113 Å². The molecule has 2 aliphatic rings. The molecule has 0 saturated carbocycles. The first kappa shape index (κ1) is 23.3. The van der Waals surface area contributed by atoms with E-state index in [4.69, 9.17) is 4.74 Å². The Balaban J connectivity index is 1.29. The van der Waals surface area contributed by atoms with E-state index in [0.717, 1.165) is 22.3 Å². The van der Waals surface area contributed by atoms with Gasteiger partial charge in [-0.3, -0.25) is 0 Å². The van der Waals surface area contributed by atoms with Crippen molar-refractivity contribution in [2.45, 2.75) is 24.8 Å². The summed E-state index contributed by atoms with van der Waals surface area (Å²) in [5.41, 5.74) is 4.42. The number of sulfone groups is 1. The molecule has 1 fully saturated rings. The van der Waals surface area contributed by atoms with E-state index in [1.165, 1.54) is 0 Å². The second kappa shape index (κ2) is 9.93. The van der Waals surface area contributed by atoms with Crippen molar-refractivity contribution in [3.05, 3.63) is 59.7 Å². The third-order valence-corrected chi connectivity index (χ3v) is 7.95. The van der Waals surface area contributed by atoms with Gasteiger partial charge in [-0.25, -0.2) is 18.0 Å². The average Bonchev–Trinajstić information content (AvgIpc) is 3.12. The number of carboxylic acid groups (broad SMARTS) is 1. The molecule has 0 unspecified atom stereocenters. The van der Waals surface area contributed by atoms with Crippen molar-refractivity contribution in [1.82, 2.24) is 10.2 Å². The summed E-state index contributed by atoms with van der Waals surface area (Å²) in [6.07, 6.45) is 0.0111. The fraction of sp³-hybridized carbons (Fsp3) is 0.417. The van der Waals surface area contributed by atoms with Crippen LogP contribution in [0, 0.1) is 0 Å². The van der Waals surface area contributed by atoms with Gasteiger partial charge < -0.3 is 20.1 Å². The molecule has 1 aliphatic carbocycles. The van der Waals surface area contributed by atoms with Crippen LogP contribution < -0.4 is 5.32 Å². The maximum absolute atomic E-state index is 12.4. The lowest BCUT2D eigenvalue weighted by molar-refractivity contribution is -0.139. The summed E-state index contributed by atoms with van der Waals surface area (Å²) in [5, 5.41) is 12.0. The number of ether oxygens (including phenoxy) is 1. The lowest BCUT2D eigenvalue weighted by Gasteiger charge is -2.26. The van der Waals surface area contributed by atoms with Crippen LogP contribution >= 0.6 is 0 Å². The highest BCUT2D eigenvalue weighted by Crippen LogP contribution is 2.44. The van der Waals surface area contributed by atoms with Crippen LogP contribution in [0.2, 0.25) is 0 Å². The molecular formula is C24H28N2O6S. The SMILES string of the molecule is O=C(N[C@@H](CCCN1CCS(=O)(=O)CC1)C(=O)O)OCC1c2ccccc2-c2ccccc21.